The fourth-order valence-corrected chi connectivity index (χ4v) is 8.63. The predicted molar refractivity (Wildman–Crippen MR) is 218 cm³/mol. The van der Waals surface area contributed by atoms with Crippen molar-refractivity contribution in [2.75, 3.05) is 26.5 Å². The topological polar surface area (TPSA) is 133 Å². The van der Waals surface area contributed by atoms with Crippen LogP contribution in [-0.2, 0) is 32.2 Å². The highest BCUT2D eigenvalue weighted by molar-refractivity contribution is 7.89. The van der Waals surface area contributed by atoms with Gasteiger partial charge in [0, 0.05) is 25.8 Å². The van der Waals surface area contributed by atoms with E-state index in [-0.39, 0.29) is 36.2 Å². The van der Waals surface area contributed by atoms with E-state index < -0.39 is 47.6 Å². The molecule has 13 heteroatoms. The first-order chi connectivity index (χ1) is 25.5. The van der Waals surface area contributed by atoms with E-state index in [0.717, 1.165) is 17.5 Å². The molecule has 1 aliphatic heterocycles. The second kappa shape index (κ2) is 18.1. The van der Waals surface area contributed by atoms with Crippen molar-refractivity contribution in [3.63, 3.8) is 0 Å². The minimum Gasteiger partial charge on any atom is -0.489 e. The van der Waals surface area contributed by atoms with Gasteiger partial charge < -0.3 is 33.8 Å². The van der Waals surface area contributed by atoms with Crippen molar-refractivity contribution in [3.05, 3.63) is 83.9 Å². The summed E-state index contributed by atoms with van der Waals surface area (Å²) in [6, 6.07) is 20.9. The molecule has 0 aromatic heterocycles. The maximum atomic E-state index is 14.5. The molecule has 2 N–H and O–H groups in total. The Morgan fingerprint density at radius 1 is 0.909 bits per heavy atom. The molecule has 3 aromatic rings. The third-order valence-electron chi connectivity index (χ3n) is 10.0. The van der Waals surface area contributed by atoms with Gasteiger partial charge in [0.05, 0.1) is 17.0 Å². The molecular formula is C42H62N2O9SSi. The van der Waals surface area contributed by atoms with E-state index in [4.69, 9.17) is 23.4 Å². The van der Waals surface area contributed by atoms with Crippen LogP contribution in [0.15, 0.2) is 77.7 Å². The van der Waals surface area contributed by atoms with Crippen LogP contribution in [0.5, 0.6) is 17.2 Å². The SMILES string of the molecule is CC(C)(CCCO[Si](C)(C)C(C)(C)C)CN(CC(O)C(Cc1ccc(OCc2ccccc2)cc1)NC(=O)OC(C)(C)C)S(=O)(=O)c1ccc2c(c1)OCO2. The highest BCUT2D eigenvalue weighted by Crippen LogP contribution is 2.38. The zero-order chi connectivity index (χ0) is 40.7. The number of benzene rings is 3. The van der Waals surface area contributed by atoms with Crippen LogP contribution in [0.25, 0.3) is 0 Å². The second-order valence-corrected chi connectivity index (χ2v) is 24.4. The van der Waals surface area contributed by atoms with Crippen molar-refractivity contribution < 1.29 is 41.7 Å². The molecule has 0 saturated carbocycles. The number of hydrogen-bond donors (Lipinski definition) is 2. The van der Waals surface area contributed by atoms with E-state index in [1.54, 1.807) is 26.8 Å². The van der Waals surface area contributed by atoms with Crippen LogP contribution >= 0.6 is 0 Å². The predicted octanol–water partition coefficient (Wildman–Crippen LogP) is 8.31. The number of amides is 1. The minimum atomic E-state index is -4.17. The van der Waals surface area contributed by atoms with E-state index in [9.17, 15) is 18.3 Å². The first-order valence-electron chi connectivity index (χ1n) is 19.0. The molecular weight excluding hydrogens is 737 g/mol. The van der Waals surface area contributed by atoms with Crippen LogP contribution in [0.1, 0.15) is 79.4 Å². The van der Waals surface area contributed by atoms with Crippen LogP contribution in [0, 0.1) is 5.41 Å². The lowest BCUT2D eigenvalue weighted by atomic mass is 9.87. The third-order valence-corrected chi connectivity index (χ3v) is 16.4. The van der Waals surface area contributed by atoms with Crippen LogP contribution in [0.4, 0.5) is 4.79 Å². The highest BCUT2D eigenvalue weighted by atomic mass is 32.2. The lowest BCUT2D eigenvalue weighted by molar-refractivity contribution is 0.0391. The van der Waals surface area contributed by atoms with Gasteiger partial charge in [-0.25, -0.2) is 13.2 Å². The summed E-state index contributed by atoms with van der Waals surface area (Å²) in [7, 11) is -6.12. The zero-order valence-electron chi connectivity index (χ0n) is 34.3. The molecule has 11 nitrogen and oxygen atoms in total. The highest BCUT2D eigenvalue weighted by Gasteiger charge is 2.38. The summed E-state index contributed by atoms with van der Waals surface area (Å²) in [5.74, 6) is 1.47. The standard InChI is InChI=1S/C42H62N2O9SSi/c1-40(2,3)53-39(46)43-35(25-31-17-19-33(20-18-31)49-28-32-15-12-11-13-16-32)36(45)27-44(54(47,48)34-21-22-37-38(26-34)51-30-50-37)29-42(7,8)23-14-24-52-55(9,10)41(4,5)6/h11-13,15-22,26,35-36,45H,14,23-25,27-30H2,1-10H3,(H,43,46). The first kappa shape index (κ1) is 44.1. The lowest BCUT2D eigenvalue weighted by Gasteiger charge is -2.37. The van der Waals surface area contributed by atoms with Gasteiger partial charge in [-0.2, -0.15) is 4.31 Å². The van der Waals surface area contributed by atoms with Gasteiger partial charge in [-0.05, 0) is 99.0 Å². The summed E-state index contributed by atoms with van der Waals surface area (Å²) in [6.45, 7) is 21.2. The van der Waals surface area contributed by atoms with Crippen LogP contribution in [-0.4, -0.2) is 76.5 Å². The van der Waals surface area contributed by atoms with Gasteiger partial charge in [0.2, 0.25) is 16.8 Å². The van der Waals surface area contributed by atoms with Crippen LogP contribution < -0.4 is 19.5 Å². The second-order valence-electron chi connectivity index (χ2n) is 17.6. The van der Waals surface area contributed by atoms with Crippen LogP contribution in [0.2, 0.25) is 18.1 Å². The van der Waals surface area contributed by atoms with Gasteiger partial charge >= 0.3 is 6.09 Å². The Balaban J connectivity index is 1.57. The Kier molecular flexibility index (Phi) is 14.5. The number of fused-ring (bicyclic) bond motifs is 1. The molecule has 1 aliphatic rings. The van der Waals surface area contributed by atoms with Gasteiger partial charge in [0.15, 0.2) is 19.8 Å². The molecule has 2 unspecified atom stereocenters. The van der Waals surface area contributed by atoms with E-state index >= 15 is 0 Å². The maximum absolute atomic E-state index is 14.5. The number of sulfonamides is 1. The average Bonchev–Trinajstić information content (AvgIpc) is 3.57. The van der Waals surface area contributed by atoms with Crippen molar-refractivity contribution in [1.82, 2.24) is 9.62 Å². The summed E-state index contributed by atoms with van der Waals surface area (Å²) < 4.78 is 59.2. The van der Waals surface area contributed by atoms with Gasteiger partial charge in [-0.1, -0.05) is 77.1 Å². The number of rotatable bonds is 18. The summed E-state index contributed by atoms with van der Waals surface area (Å²) in [6.07, 6.45) is -0.405. The molecule has 0 fully saturated rings. The maximum Gasteiger partial charge on any atom is 0.407 e. The molecule has 0 radical (unpaired) electrons. The number of ether oxygens (including phenoxy) is 4. The van der Waals surface area contributed by atoms with E-state index in [0.29, 0.717) is 36.9 Å². The van der Waals surface area contributed by atoms with Crippen LogP contribution in [0.3, 0.4) is 0 Å². The summed E-state index contributed by atoms with van der Waals surface area (Å²) in [4.78, 5) is 13.1. The molecule has 1 amide bonds. The monoisotopic (exact) mass is 798 g/mol. The van der Waals surface area contributed by atoms with Gasteiger partial charge in [0.25, 0.3) is 0 Å². The largest absolute Gasteiger partial charge is 0.489 e. The molecule has 55 heavy (non-hydrogen) atoms. The zero-order valence-corrected chi connectivity index (χ0v) is 36.1. The Labute approximate surface area is 329 Å². The minimum absolute atomic E-state index is 0.00336. The molecule has 0 bridgehead atoms. The quantitative estimate of drug-likeness (QED) is 0.0964. The Hall–Kier alpha value is -3.62. The van der Waals surface area contributed by atoms with E-state index in [1.165, 1.54) is 16.4 Å². The number of nitrogens with zero attached hydrogens (tertiary/aromatic N) is 1. The number of carbonyl (C=O) groups excluding carboxylic acids is 1. The smallest absolute Gasteiger partial charge is 0.407 e. The van der Waals surface area contributed by atoms with E-state index in [2.05, 4.69) is 39.2 Å². The molecule has 3 aromatic carbocycles. The fourth-order valence-electron chi connectivity index (χ4n) is 5.88. The molecule has 4 rings (SSSR count). The lowest BCUT2D eigenvalue weighted by Crippen LogP contribution is -2.52. The number of carbonyl (C=O) groups is 1. The summed E-state index contributed by atoms with van der Waals surface area (Å²) >= 11 is 0. The van der Waals surface area contributed by atoms with Crippen molar-refractivity contribution in [1.29, 1.82) is 0 Å². The van der Waals surface area contributed by atoms with Gasteiger partial charge in [-0.3, -0.25) is 0 Å². The van der Waals surface area contributed by atoms with Gasteiger partial charge in [-0.15, -0.1) is 0 Å². The number of aliphatic hydroxyl groups is 1. The number of aliphatic hydroxyl groups excluding tert-OH is 1. The Bertz CT molecular complexity index is 1810. The van der Waals surface area contributed by atoms with Crippen molar-refractivity contribution in [2.24, 2.45) is 5.41 Å². The number of alkyl carbamates (subject to hydrolysis) is 1. The Morgan fingerprint density at radius 2 is 1.56 bits per heavy atom. The third kappa shape index (κ3) is 13.2. The normalized spacial score (nSPS) is 14.8. The molecule has 0 saturated heterocycles. The molecule has 304 valence electrons. The summed E-state index contributed by atoms with van der Waals surface area (Å²) in [5, 5.41) is 14.8. The van der Waals surface area contributed by atoms with Crippen molar-refractivity contribution >= 4 is 24.4 Å². The number of nitrogens with one attached hydrogen (secondary N) is 1. The molecule has 1 heterocycles. The average molecular weight is 799 g/mol. The first-order valence-corrected chi connectivity index (χ1v) is 23.4. The summed E-state index contributed by atoms with van der Waals surface area (Å²) in [5.41, 5.74) is 0.562. The number of hydrogen-bond acceptors (Lipinski definition) is 9. The van der Waals surface area contributed by atoms with Crippen molar-refractivity contribution in [2.45, 2.75) is 122 Å². The fraction of sp³-hybridized carbons (Fsp3) is 0.548. The van der Waals surface area contributed by atoms with Crippen molar-refractivity contribution in [3.8, 4) is 17.2 Å². The van der Waals surface area contributed by atoms with E-state index in [1.807, 2.05) is 68.4 Å². The van der Waals surface area contributed by atoms with Gasteiger partial charge in [0.1, 0.15) is 18.0 Å². The molecule has 0 spiro atoms. The Morgan fingerprint density at radius 3 is 2.20 bits per heavy atom. The molecule has 2 atom stereocenters. The molecule has 0 aliphatic carbocycles.